The number of ether oxygens (including phenoxy) is 2. The van der Waals surface area contributed by atoms with Gasteiger partial charge in [-0.2, -0.15) is 4.31 Å². The number of para-hydroxylation sites is 2. The second-order valence-electron chi connectivity index (χ2n) is 6.46. The summed E-state index contributed by atoms with van der Waals surface area (Å²) in [5.41, 5.74) is 0.699. The number of morpholine rings is 1. The summed E-state index contributed by atoms with van der Waals surface area (Å²) in [7, 11) is -3.83. The lowest BCUT2D eigenvalue weighted by molar-refractivity contribution is 0.0730. The quantitative estimate of drug-likeness (QED) is 0.716. The van der Waals surface area contributed by atoms with Gasteiger partial charge in [0.05, 0.1) is 30.5 Å². The third kappa shape index (κ3) is 5.08. The number of benzene rings is 2. The Kier molecular flexibility index (Phi) is 7.13. The van der Waals surface area contributed by atoms with Gasteiger partial charge in [0.25, 0.3) is 5.91 Å². The minimum atomic E-state index is -3.83. The monoisotopic (exact) mass is 438 g/mol. The predicted octanol–water partition coefficient (Wildman–Crippen LogP) is 3.40. The van der Waals surface area contributed by atoms with E-state index in [4.69, 9.17) is 21.1 Å². The minimum Gasteiger partial charge on any atom is -0.491 e. The van der Waals surface area contributed by atoms with Crippen LogP contribution in [0.4, 0.5) is 5.69 Å². The normalized spacial score (nSPS) is 15.1. The number of nitrogens with one attached hydrogen (secondary N) is 1. The lowest BCUT2D eigenvalue weighted by atomic mass is 10.2. The van der Waals surface area contributed by atoms with Gasteiger partial charge in [-0.05, 0) is 36.8 Å². The average Bonchev–Trinajstić information content (AvgIpc) is 2.74. The number of halogens is 1. The Morgan fingerprint density at radius 3 is 2.66 bits per heavy atom. The number of hydrogen-bond donors (Lipinski definition) is 1. The Morgan fingerprint density at radius 1 is 1.21 bits per heavy atom. The standard InChI is InChI=1S/C20H23ClN2O5S/c1-2-11-28-18-6-4-3-5-17(18)22-20(24)15-7-8-16(21)19(14-15)29(25,26)23-9-12-27-13-10-23/h3-8,14H,2,9-13H2,1H3,(H,22,24). The molecule has 29 heavy (non-hydrogen) atoms. The van der Waals surface area contributed by atoms with Crippen molar-refractivity contribution >= 4 is 33.2 Å². The molecule has 0 spiro atoms. The van der Waals surface area contributed by atoms with Gasteiger partial charge >= 0.3 is 0 Å². The van der Waals surface area contributed by atoms with Crippen LogP contribution in [0.25, 0.3) is 0 Å². The van der Waals surface area contributed by atoms with Crippen molar-refractivity contribution in [1.82, 2.24) is 4.31 Å². The summed E-state index contributed by atoms with van der Waals surface area (Å²) < 4.78 is 38.1. The number of carbonyl (C=O) groups excluding carboxylic acids is 1. The van der Waals surface area contributed by atoms with E-state index in [2.05, 4.69) is 5.32 Å². The number of hydrogen-bond acceptors (Lipinski definition) is 5. The van der Waals surface area contributed by atoms with E-state index in [9.17, 15) is 13.2 Å². The Bertz CT molecular complexity index is 975. The lowest BCUT2D eigenvalue weighted by Gasteiger charge is -2.26. The third-order valence-electron chi connectivity index (χ3n) is 4.38. The first-order valence-electron chi connectivity index (χ1n) is 9.34. The molecule has 1 aliphatic rings. The average molecular weight is 439 g/mol. The Labute approximate surface area is 175 Å². The van der Waals surface area contributed by atoms with Gasteiger partial charge in [-0.3, -0.25) is 4.79 Å². The molecule has 0 saturated carbocycles. The fraction of sp³-hybridized carbons (Fsp3) is 0.350. The highest BCUT2D eigenvalue weighted by molar-refractivity contribution is 7.89. The van der Waals surface area contributed by atoms with Crippen LogP contribution in [0.5, 0.6) is 5.75 Å². The highest BCUT2D eigenvalue weighted by Crippen LogP contribution is 2.28. The van der Waals surface area contributed by atoms with Crippen molar-refractivity contribution in [1.29, 1.82) is 0 Å². The molecule has 0 unspecified atom stereocenters. The number of rotatable bonds is 7. The topological polar surface area (TPSA) is 84.9 Å². The molecule has 0 bridgehead atoms. The van der Waals surface area contributed by atoms with Crippen LogP contribution >= 0.6 is 11.6 Å². The second-order valence-corrected chi connectivity index (χ2v) is 8.77. The van der Waals surface area contributed by atoms with Crippen molar-refractivity contribution in [2.45, 2.75) is 18.2 Å². The van der Waals surface area contributed by atoms with E-state index in [1.165, 1.54) is 22.5 Å². The molecule has 1 amide bonds. The molecule has 0 aliphatic carbocycles. The van der Waals surface area contributed by atoms with Crippen molar-refractivity contribution in [2.75, 3.05) is 38.2 Å². The van der Waals surface area contributed by atoms with Crippen molar-refractivity contribution in [2.24, 2.45) is 0 Å². The maximum Gasteiger partial charge on any atom is 0.255 e. The van der Waals surface area contributed by atoms with Crippen LogP contribution in [-0.4, -0.2) is 51.5 Å². The molecule has 1 fully saturated rings. The largest absolute Gasteiger partial charge is 0.491 e. The molecule has 1 aliphatic heterocycles. The summed E-state index contributed by atoms with van der Waals surface area (Å²) in [5, 5.41) is 2.85. The Hall–Kier alpha value is -2.13. The van der Waals surface area contributed by atoms with Crippen molar-refractivity contribution < 1.29 is 22.7 Å². The first-order chi connectivity index (χ1) is 13.9. The minimum absolute atomic E-state index is 0.0692. The molecule has 9 heteroatoms. The van der Waals surface area contributed by atoms with Gasteiger partial charge < -0.3 is 14.8 Å². The van der Waals surface area contributed by atoms with E-state index in [-0.39, 0.29) is 28.6 Å². The molecule has 1 N–H and O–H groups in total. The van der Waals surface area contributed by atoms with E-state index in [1.54, 1.807) is 18.2 Å². The molecule has 156 valence electrons. The first-order valence-corrected chi connectivity index (χ1v) is 11.2. The molecule has 2 aromatic rings. The van der Waals surface area contributed by atoms with Crippen molar-refractivity contribution in [3.63, 3.8) is 0 Å². The van der Waals surface area contributed by atoms with Crippen molar-refractivity contribution in [3.05, 3.63) is 53.1 Å². The second kappa shape index (κ2) is 9.58. The number of sulfonamides is 1. The van der Waals surface area contributed by atoms with Crippen LogP contribution in [0, 0.1) is 0 Å². The maximum absolute atomic E-state index is 12.9. The lowest BCUT2D eigenvalue weighted by Crippen LogP contribution is -2.40. The number of nitrogens with zero attached hydrogens (tertiary/aromatic N) is 1. The number of anilines is 1. The molecule has 1 heterocycles. The summed E-state index contributed by atoms with van der Waals surface area (Å²) in [6.07, 6.45) is 0.836. The molecule has 2 aromatic carbocycles. The van der Waals surface area contributed by atoms with Gasteiger partial charge in [-0.25, -0.2) is 8.42 Å². The van der Waals surface area contributed by atoms with Gasteiger partial charge in [0.15, 0.2) is 0 Å². The Balaban J connectivity index is 1.85. The van der Waals surface area contributed by atoms with E-state index >= 15 is 0 Å². The summed E-state index contributed by atoms with van der Waals surface area (Å²) in [6.45, 7) is 3.66. The Morgan fingerprint density at radius 2 is 1.93 bits per heavy atom. The summed E-state index contributed by atoms with van der Waals surface area (Å²) >= 11 is 6.16. The molecule has 1 saturated heterocycles. The number of amides is 1. The summed E-state index contributed by atoms with van der Waals surface area (Å²) in [4.78, 5) is 12.7. The number of carbonyl (C=O) groups is 1. The van der Waals surface area contributed by atoms with Gasteiger partial charge in [0.2, 0.25) is 10.0 Å². The van der Waals surface area contributed by atoms with Gasteiger partial charge in [-0.1, -0.05) is 30.7 Å². The van der Waals surface area contributed by atoms with Crippen LogP contribution in [-0.2, 0) is 14.8 Å². The van der Waals surface area contributed by atoms with E-state index < -0.39 is 15.9 Å². The van der Waals surface area contributed by atoms with E-state index in [0.29, 0.717) is 31.3 Å². The predicted molar refractivity (Wildman–Crippen MR) is 111 cm³/mol. The fourth-order valence-electron chi connectivity index (χ4n) is 2.87. The molecule has 0 atom stereocenters. The maximum atomic E-state index is 12.9. The highest BCUT2D eigenvalue weighted by atomic mass is 35.5. The molecule has 0 radical (unpaired) electrons. The van der Waals surface area contributed by atoms with Gasteiger partial charge in [-0.15, -0.1) is 0 Å². The molecule has 7 nitrogen and oxygen atoms in total. The van der Waals surface area contributed by atoms with Crippen molar-refractivity contribution in [3.8, 4) is 5.75 Å². The first kappa shape index (κ1) is 21.6. The fourth-order valence-corrected chi connectivity index (χ4v) is 4.78. The molecular weight excluding hydrogens is 416 g/mol. The van der Waals surface area contributed by atoms with Crippen LogP contribution in [0.3, 0.4) is 0 Å². The van der Waals surface area contributed by atoms with Crippen LogP contribution < -0.4 is 10.1 Å². The van der Waals surface area contributed by atoms with Gasteiger partial charge in [0.1, 0.15) is 10.6 Å². The van der Waals surface area contributed by atoms with Crippen LogP contribution in [0.1, 0.15) is 23.7 Å². The third-order valence-corrected chi connectivity index (χ3v) is 6.76. The zero-order chi connectivity index (χ0) is 20.9. The smallest absolute Gasteiger partial charge is 0.255 e. The molecule has 0 aromatic heterocycles. The van der Waals surface area contributed by atoms with E-state index in [0.717, 1.165) is 6.42 Å². The summed E-state index contributed by atoms with van der Waals surface area (Å²) in [6, 6.07) is 11.3. The zero-order valence-corrected chi connectivity index (χ0v) is 17.6. The molecule has 3 rings (SSSR count). The SMILES string of the molecule is CCCOc1ccccc1NC(=O)c1ccc(Cl)c(S(=O)(=O)N2CCOCC2)c1. The van der Waals surface area contributed by atoms with E-state index in [1.807, 2.05) is 13.0 Å². The van der Waals surface area contributed by atoms with Gasteiger partial charge in [0, 0.05) is 18.7 Å². The zero-order valence-electron chi connectivity index (χ0n) is 16.1. The van der Waals surface area contributed by atoms with Crippen LogP contribution in [0.2, 0.25) is 5.02 Å². The highest BCUT2D eigenvalue weighted by Gasteiger charge is 2.29. The summed E-state index contributed by atoms with van der Waals surface area (Å²) in [5.74, 6) is 0.102. The van der Waals surface area contributed by atoms with Crippen LogP contribution in [0.15, 0.2) is 47.4 Å². The molecular formula is C20H23ClN2O5S.